The Morgan fingerprint density at radius 2 is 2.06 bits per heavy atom. The van der Waals surface area contributed by atoms with E-state index in [-0.39, 0.29) is 11.8 Å². The molecule has 0 bridgehead atoms. The lowest BCUT2D eigenvalue weighted by atomic mass is 10.1. The van der Waals surface area contributed by atoms with Gasteiger partial charge in [-0.25, -0.2) is 0 Å². The summed E-state index contributed by atoms with van der Waals surface area (Å²) >= 11 is 0. The zero-order chi connectivity index (χ0) is 12.6. The van der Waals surface area contributed by atoms with Crippen molar-refractivity contribution in [2.24, 2.45) is 5.92 Å². The highest BCUT2D eigenvalue weighted by molar-refractivity contribution is 5.72. The summed E-state index contributed by atoms with van der Waals surface area (Å²) in [6.45, 7) is 8.06. The molecular formula is C11H22N2O3. The van der Waals surface area contributed by atoms with Crippen LogP contribution in [0.4, 0.5) is 0 Å². The summed E-state index contributed by atoms with van der Waals surface area (Å²) in [5, 5.41) is 11.5. The third-order valence-electron chi connectivity index (χ3n) is 2.43. The van der Waals surface area contributed by atoms with Gasteiger partial charge in [-0.15, -0.1) is 0 Å². The van der Waals surface area contributed by atoms with Crippen molar-refractivity contribution in [1.29, 1.82) is 0 Å². The van der Waals surface area contributed by atoms with Crippen LogP contribution in [-0.4, -0.2) is 48.1 Å². The van der Waals surface area contributed by atoms with Crippen LogP contribution in [0.15, 0.2) is 0 Å². The normalized spacial score (nSPS) is 12.5. The highest BCUT2D eigenvalue weighted by Gasteiger charge is 2.14. The third-order valence-corrected chi connectivity index (χ3v) is 2.43. The molecule has 0 radical (unpaired) electrons. The fourth-order valence-corrected chi connectivity index (χ4v) is 1.41. The molecule has 5 nitrogen and oxygen atoms in total. The molecular weight excluding hydrogens is 208 g/mol. The van der Waals surface area contributed by atoms with Crippen molar-refractivity contribution in [2.75, 3.05) is 26.2 Å². The van der Waals surface area contributed by atoms with Crippen LogP contribution < -0.4 is 5.32 Å². The maximum Gasteiger partial charge on any atom is 0.307 e. The van der Waals surface area contributed by atoms with Crippen LogP contribution in [0.2, 0.25) is 0 Å². The standard InChI is InChI=1S/C11H22N2O3/c1-4-13(8-9(2)11(15)16)7-5-6-12-10(3)14/h9H,4-8H2,1-3H3,(H,12,14)(H,15,16). The zero-order valence-electron chi connectivity index (χ0n) is 10.3. The second-order valence-corrected chi connectivity index (χ2v) is 3.97. The molecule has 2 N–H and O–H groups in total. The Hall–Kier alpha value is -1.10. The van der Waals surface area contributed by atoms with Gasteiger partial charge in [0.25, 0.3) is 0 Å². The molecule has 0 saturated carbocycles. The number of nitrogens with zero attached hydrogens (tertiary/aromatic N) is 1. The second kappa shape index (κ2) is 8.10. The molecule has 5 heteroatoms. The average Bonchev–Trinajstić information content (AvgIpc) is 2.21. The molecule has 0 aromatic heterocycles. The summed E-state index contributed by atoms with van der Waals surface area (Å²) in [5.41, 5.74) is 0. The summed E-state index contributed by atoms with van der Waals surface area (Å²) in [7, 11) is 0. The van der Waals surface area contributed by atoms with E-state index in [1.807, 2.05) is 6.92 Å². The van der Waals surface area contributed by atoms with E-state index in [0.717, 1.165) is 19.5 Å². The van der Waals surface area contributed by atoms with Crippen LogP contribution in [0.1, 0.15) is 27.2 Å². The number of carboxylic acids is 1. The van der Waals surface area contributed by atoms with E-state index in [2.05, 4.69) is 10.2 Å². The minimum absolute atomic E-state index is 0.0260. The van der Waals surface area contributed by atoms with Crippen molar-refractivity contribution in [3.05, 3.63) is 0 Å². The Labute approximate surface area is 96.8 Å². The van der Waals surface area contributed by atoms with Crippen LogP contribution in [0, 0.1) is 5.92 Å². The van der Waals surface area contributed by atoms with Gasteiger partial charge in [0, 0.05) is 20.0 Å². The Morgan fingerprint density at radius 3 is 2.50 bits per heavy atom. The van der Waals surface area contributed by atoms with Gasteiger partial charge >= 0.3 is 5.97 Å². The number of hydrogen-bond donors (Lipinski definition) is 2. The van der Waals surface area contributed by atoms with Gasteiger partial charge < -0.3 is 15.3 Å². The highest BCUT2D eigenvalue weighted by Crippen LogP contribution is 2.00. The van der Waals surface area contributed by atoms with Crippen LogP contribution in [0.3, 0.4) is 0 Å². The minimum Gasteiger partial charge on any atom is -0.481 e. The molecule has 1 amide bonds. The van der Waals surface area contributed by atoms with Crippen molar-refractivity contribution < 1.29 is 14.7 Å². The average molecular weight is 230 g/mol. The van der Waals surface area contributed by atoms with Crippen LogP contribution in [0.5, 0.6) is 0 Å². The van der Waals surface area contributed by atoms with E-state index in [1.165, 1.54) is 6.92 Å². The number of nitrogens with one attached hydrogen (secondary N) is 1. The molecule has 0 aromatic rings. The first-order chi connectivity index (χ1) is 7.47. The SMILES string of the molecule is CCN(CCCNC(C)=O)CC(C)C(=O)O. The van der Waals surface area contributed by atoms with Gasteiger partial charge in [0.1, 0.15) is 0 Å². The fourth-order valence-electron chi connectivity index (χ4n) is 1.41. The summed E-state index contributed by atoms with van der Waals surface area (Å²) in [6, 6.07) is 0. The molecule has 94 valence electrons. The lowest BCUT2D eigenvalue weighted by molar-refractivity contribution is -0.141. The maximum absolute atomic E-state index is 10.7. The fraction of sp³-hybridized carbons (Fsp3) is 0.818. The largest absolute Gasteiger partial charge is 0.481 e. The van der Waals surface area contributed by atoms with Crippen molar-refractivity contribution in [3.8, 4) is 0 Å². The molecule has 0 heterocycles. The minimum atomic E-state index is -0.764. The first-order valence-electron chi connectivity index (χ1n) is 5.67. The van der Waals surface area contributed by atoms with Crippen LogP contribution in [0.25, 0.3) is 0 Å². The summed E-state index contributed by atoms with van der Waals surface area (Å²) < 4.78 is 0. The van der Waals surface area contributed by atoms with Gasteiger partial charge in [-0.2, -0.15) is 0 Å². The van der Waals surface area contributed by atoms with Crippen molar-refractivity contribution in [2.45, 2.75) is 27.2 Å². The van der Waals surface area contributed by atoms with E-state index < -0.39 is 5.97 Å². The van der Waals surface area contributed by atoms with Crippen LogP contribution in [-0.2, 0) is 9.59 Å². The number of carboxylic acid groups (broad SMARTS) is 1. The maximum atomic E-state index is 10.7. The predicted octanol–water partition coefficient (Wildman–Crippen LogP) is 0.555. The Morgan fingerprint density at radius 1 is 1.44 bits per heavy atom. The van der Waals surface area contributed by atoms with Gasteiger partial charge in [0.15, 0.2) is 0 Å². The molecule has 16 heavy (non-hydrogen) atoms. The topological polar surface area (TPSA) is 69.6 Å². The van der Waals surface area contributed by atoms with Gasteiger partial charge in [0.2, 0.25) is 5.91 Å². The summed E-state index contributed by atoms with van der Waals surface area (Å²) in [5.74, 6) is -1.14. The molecule has 0 aliphatic rings. The van der Waals surface area contributed by atoms with E-state index in [4.69, 9.17) is 5.11 Å². The number of hydrogen-bond acceptors (Lipinski definition) is 3. The van der Waals surface area contributed by atoms with E-state index in [9.17, 15) is 9.59 Å². The first-order valence-corrected chi connectivity index (χ1v) is 5.67. The molecule has 1 atom stereocenters. The monoisotopic (exact) mass is 230 g/mol. The number of carbonyl (C=O) groups excluding carboxylic acids is 1. The lowest BCUT2D eigenvalue weighted by Gasteiger charge is -2.22. The molecule has 0 aromatic carbocycles. The Kier molecular flexibility index (Phi) is 7.54. The quantitative estimate of drug-likeness (QED) is 0.598. The number of rotatable bonds is 8. The molecule has 0 fully saturated rings. The lowest BCUT2D eigenvalue weighted by Crippen LogP contribution is -2.34. The zero-order valence-corrected chi connectivity index (χ0v) is 10.3. The van der Waals surface area contributed by atoms with Gasteiger partial charge in [-0.05, 0) is 19.5 Å². The van der Waals surface area contributed by atoms with E-state index in [0.29, 0.717) is 13.1 Å². The highest BCUT2D eigenvalue weighted by atomic mass is 16.4. The van der Waals surface area contributed by atoms with E-state index in [1.54, 1.807) is 6.92 Å². The Balaban J connectivity index is 3.74. The molecule has 0 rings (SSSR count). The number of aliphatic carboxylic acids is 1. The Bertz CT molecular complexity index is 231. The van der Waals surface area contributed by atoms with Gasteiger partial charge in [0.05, 0.1) is 5.92 Å². The van der Waals surface area contributed by atoms with E-state index >= 15 is 0 Å². The van der Waals surface area contributed by atoms with Crippen molar-refractivity contribution >= 4 is 11.9 Å². The summed E-state index contributed by atoms with van der Waals surface area (Å²) in [6.07, 6.45) is 0.847. The van der Waals surface area contributed by atoms with Gasteiger partial charge in [-0.1, -0.05) is 13.8 Å². The number of amides is 1. The number of carbonyl (C=O) groups is 2. The third kappa shape index (κ3) is 7.23. The molecule has 0 saturated heterocycles. The van der Waals surface area contributed by atoms with Crippen molar-refractivity contribution in [1.82, 2.24) is 10.2 Å². The van der Waals surface area contributed by atoms with Gasteiger partial charge in [-0.3, -0.25) is 9.59 Å². The molecule has 0 aliphatic carbocycles. The summed E-state index contributed by atoms with van der Waals surface area (Å²) in [4.78, 5) is 23.4. The predicted molar refractivity (Wildman–Crippen MR) is 62.2 cm³/mol. The molecule has 0 aliphatic heterocycles. The molecule has 0 spiro atoms. The van der Waals surface area contributed by atoms with Crippen LogP contribution >= 0.6 is 0 Å². The molecule has 1 unspecified atom stereocenters. The smallest absolute Gasteiger partial charge is 0.307 e. The first kappa shape index (κ1) is 14.9. The second-order valence-electron chi connectivity index (χ2n) is 3.97. The van der Waals surface area contributed by atoms with Crippen molar-refractivity contribution in [3.63, 3.8) is 0 Å².